The van der Waals surface area contributed by atoms with Crippen LogP contribution in [-0.2, 0) is 15.1 Å². The highest BCUT2D eigenvalue weighted by molar-refractivity contribution is 5.96. The molecule has 0 unspecified atom stereocenters. The van der Waals surface area contributed by atoms with Crippen LogP contribution in [0.5, 0.6) is 5.75 Å². The number of piperidine rings is 1. The van der Waals surface area contributed by atoms with Crippen molar-refractivity contribution >= 4 is 11.6 Å². The van der Waals surface area contributed by atoms with Gasteiger partial charge in [-0.2, -0.15) is 5.10 Å². The Bertz CT molecular complexity index is 794. The Morgan fingerprint density at radius 3 is 2.79 bits per heavy atom. The number of carbonyl (C=O) groups is 1. The van der Waals surface area contributed by atoms with E-state index >= 15 is 0 Å². The zero-order chi connectivity index (χ0) is 19.4. The summed E-state index contributed by atoms with van der Waals surface area (Å²) in [4.78, 5) is 13.3. The predicted octanol–water partition coefficient (Wildman–Crippen LogP) is 2.47. The summed E-state index contributed by atoms with van der Waals surface area (Å²) in [5.41, 5.74) is 1.15. The van der Waals surface area contributed by atoms with Gasteiger partial charge in [-0.1, -0.05) is 0 Å². The van der Waals surface area contributed by atoms with Crippen molar-refractivity contribution in [2.45, 2.75) is 44.2 Å². The van der Waals surface area contributed by atoms with Gasteiger partial charge < -0.3 is 20.1 Å². The van der Waals surface area contributed by atoms with Crippen LogP contribution in [-0.4, -0.2) is 48.1 Å². The van der Waals surface area contributed by atoms with Crippen LogP contribution in [0.3, 0.4) is 0 Å². The molecule has 0 spiro atoms. The lowest BCUT2D eigenvalue weighted by Gasteiger charge is -2.36. The summed E-state index contributed by atoms with van der Waals surface area (Å²) >= 11 is 0. The molecular weight excluding hydrogens is 356 g/mol. The Balaban J connectivity index is 1.48. The lowest BCUT2D eigenvalue weighted by Crippen LogP contribution is -2.52. The first kappa shape index (κ1) is 19.0. The van der Waals surface area contributed by atoms with Gasteiger partial charge >= 0.3 is 0 Å². The Hall–Kier alpha value is -2.38. The van der Waals surface area contributed by atoms with Crippen molar-refractivity contribution in [3.63, 3.8) is 0 Å². The number of carbonyl (C=O) groups excluding carboxylic acids is 1. The highest BCUT2D eigenvalue weighted by atomic mass is 16.5. The van der Waals surface area contributed by atoms with Gasteiger partial charge in [0, 0.05) is 30.9 Å². The summed E-state index contributed by atoms with van der Waals surface area (Å²) in [7, 11) is 0. The summed E-state index contributed by atoms with van der Waals surface area (Å²) in [6.45, 7) is 5.11. The van der Waals surface area contributed by atoms with E-state index < -0.39 is 5.54 Å². The van der Waals surface area contributed by atoms with Crippen molar-refractivity contribution in [1.29, 1.82) is 0 Å². The highest BCUT2D eigenvalue weighted by Gasteiger charge is 2.42. The summed E-state index contributed by atoms with van der Waals surface area (Å²) in [6, 6.07) is 7.70. The second kappa shape index (κ2) is 8.32. The van der Waals surface area contributed by atoms with E-state index in [1.54, 1.807) is 10.9 Å². The standard InChI is InChI=1S/C21H28N4O3/c1-16-15-17(3-4-19(16)28-18-5-13-27-14-6-18)24-20(26)21(7-10-22-11-8-21)25-12-2-9-23-25/h2-4,9,12,15,18,22H,5-8,10-11,13-14H2,1H3,(H,24,26). The van der Waals surface area contributed by atoms with Crippen LogP contribution in [0.1, 0.15) is 31.2 Å². The maximum atomic E-state index is 13.3. The van der Waals surface area contributed by atoms with Gasteiger partial charge in [-0.3, -0.25) is 9.48 Å². The van der Waals surface area contributed by atoms with Crippen molar-refractivity contribution < 1.29 is 14.3 Å². The van der Waals surface area contributed by atoms with Crippen LogP contribution < -0.4 is 15.4 Å². The minimum absolute atomic E-state index is 0.0183. The fourth-order valence-electron chi connectivity index (χ4n) is 4.00. The first-order valence-corrected chi connectivity index (χ1v) is 10.0. The maximum absolute atomic E-state index is 13.3. The fraction of sp³-hybridized carbons (Fsp3) is 0.524. The van der Waals surface area contributed by atoms with Crippen molar-refractivity contribution in [2.75, 3.05) is 31.6 Å². The van der Waals surface area contributed by atoms with Crippen molar-refractivity contribution in [1.82, 2.24) is 15.1 Å². The molecular formula is C21H28N4O3. The molecule has 2 aromatic rings. The van der Waals surface area contributed by atoms with Gasteiger partial charge in [0.1, 0.15) is 17.4 Å². The number of nitrogens with zero attached hydrogens (tertiary/aromatic N) is 2. The van der Waals surface area contributed by atoms with E-state index in [1.807, 2.05) is 37.4 Å². The summed E-state index contributed by atoms with van der Waals surface area (Å²) in [5.74, 6) is 0.851. The van der Waals surface area contributed by atoms with E-state index in [1.165, 1.54) is 0 Å². The first-order valence-electron chi connectivity index (χ1n) is 10.0. The first-order chi connectivity index (χ1) is 13.7. The van der Waals surface area contributed by atoms with E-state index in [-0.39, 0.29) is 12.0 Å². The number of aryl methyl sites for hydroxylation is 1. The van der Waals surface area contributed by atoms with Crippen molar-refractivity contribution in [2.24, 2.45) is 0 Å². The second-order valence-electron chi connectivity index (χ2n) is 7.60. The highest BCUT2D eigenvalue weighted by Crippen LogP contribution is 2.30. The number of anilines is 1. The average Bonchev–Trinajstić information content (AvgIpc) is 3.27. The zero-order valence-corrected chi connectivity index (χ0v) is 16.3. The van der Waals surface area contributed by atoms with Crippen molar-refractivity contribution in [3.05, 3.63) is 42.2 Å². The Morgan fingerprint density at radius 1 is 1.32 bits per heavy atom. The monoisotopic (exact) mass is 384 g/mol. The molecule has 0 aliphatic carbocycles. The van der Waals surface area contributed by atoms with E-state index in [2.05, 4.69) is 15.7 Å². The molecule has 2 saturated heterocycles. The van der Waals surface area contributed by atoms with Gasteiger partial charge in [0.2, 0.25) is 0 Å². The largest absolute Gasteiger partial charge is 0.490 e. The van der Waals surface area contributed by atoms with Gasteiger partial charge in [-0.15, -0.1) is 0 Å². The molecule has 2 N–H and O–H groups in total. The smallest absolute Gasteiger partial charge is 0.252 e. The Labute approximate surface area is 165 Å². The minimum atomic E-state index is -0.653. The summed E-state index contributed by atoms with van der Waals surface area (Å²) < 4.78 is 13.3. The van der Waals surface area contributed by atoms with Gasteiger partial charge in [-0.25, -0.2) is 0 Å². The molecule has 3 heterocycles. The third kappa shape index (κ3) is 3.91. The predicted molar refractivity (Wildman–Crippen MR) is 107 cm³/mol. The average molecular weight is 384 g/mol. The molecule has 0 radical (unpaired) electrons. The molecule has 7 nitrogen and oxygen atoms in total. The summed E-state index contributed by atoms with van der Waals surface area (Å²) in [5, 5.41) is 10.8. The normalized spacial score (nSPS) is 19.9. The van der Waals surface area contributed by atoms with Crippen LogP contribution in [0.2, 0.25) is 0 Å². The lowest BCUT2D eigenvalue weighted by molar-refractivity contribution is -0.126. The number of nitrogens with one attached hydrogen (secondary N) is 2. The number of benzene rings is 1. The SMILES string of the molecule is Cc1cc(NC(=O)C2(n3cccn3)CCNCC2)ccc1OC1CCOCC1. The lowest BCUT2D eigenvalue weighted by atomic mass is 9.87. The van der Waals surface area contributed by atoms with Crippen LogP contribution in [0, 0.1) is 6.92 Å². The van der Waals surface area contributed by atoms with E-state index in [0.29, 0.717) is 12.8 Å². The second-order valence-corrected chi connectivity index (χ2v) is 7.60. The zero-order valence-electron chi connectivity index (χ0n) is 16.3. The number of rotatable bonds is 5. The molecule has 150 valence electrons. The molecule has 0 saturated carbocycles. The molecule has 0 atom stereocenters. The van der Waals surface area contributed by atoms with Crippen LogP contribution >= 0.6 is 0 Å². The van der Waals surface area contributed by atoms with Crippen LogP contribution in [0.4, 0.5) is 5.69 Å². The topological polar surface area (TPSA) is 77.4 Å². The van der Waals surface area contributed by atoms with Gasteiger partial charge in [-0.05, 0) is 62.7 Å². The summed E-state index contributed by atoms with van der Waals surface area (Å²) in [6.07, 6.45) is 7.06. The number of ether oxygens (including phenoxy) is 2. The number of aromatic nitrogens is 2. The molecule has 0 bridgehead atoms. The number of hydrogen-bond donors (Lipinski definition) is 2. The van der Waals surface area contributed by atoms with E-state index in [4.69, 9.17) is 9.47 Å². The molecule has 2 aliphatic rings. The molecule has 1 aromatic heterocycles. The Kier molecular flexibility index (Phi) is 5.64. The molecule has 1 amide bonds. The third-order valence-electron chi connectivity index (χ3n) is 5.69. The Morgan fingerprint density at radius 2 is 2.11 bits per heavy atom. The maximum Gasteiger partial charge on any atom is 0.252 e. The van der Waals surface area contributed by atoms with Gasteiger partial charge in [0.25, 0.3) is 5.91 Å². The van der Waals surface area contributed by atoms with E-state index in [0.717, 1.165) is 56.1 Å². The fourth-order valence-corrected chi connectivity index (χ4v) is 4.00. The van der Waals surface area contributed by atoms with E-state index in [9.17, 15) is 4.79 Å². The molecule has 28 heavy (non-hydrogen) atoms. The molecule has 4 rings (SSSR count). The van der Waals surface area contributed by atoms with Gasteiger partial charge in [0.05, 0.1) is 13.2 Å². The van der Waals surface area contributed by atoms with Gasteiger partial charge in [0.15, 0.2) is 0 Å². The molecule has 7 heteroatoms. The number of hydrogen-bond acceptors (Lipinski definition) is 5. The minimum Gasteiger partial charge on any atom is -0.490 e. The van der Waals surface area contributed by atoms with Crippen molar-refractivity contribution in [3.8, 4) is 5.75 Å². The van der Waals surface area contributed by atoms with Crippen LogP contribution in [0.15, 0.2) is 36.7 Å². The molecule has 2 fully saturated rings. The quantitative estimate of drug-likeness (QED) is 0.828. The molecule has 2 aliphatic heterocycles. The van der Waals surface area contributed by atoms with Crippen LogP contribution in [0.25, 0.3) is 0 Å². The number of amides is 1. The third-order valence-corrected chi connectivity index (χ3v) is 5.69. The molecule has 1 aromatic carbocycles.